The topological polar surface area (TPSA) is 77.2 Å². The normalized spacial score (nSPS) is 10.5. The summed E-state index contributed by atoms with van der Waals surface area (Å²) in [5.74, 6) is -0.496. The number of carbonyl (C=O) groups excluding carboxylic acids is 1. The second kappa shape index (κ2) is 5.83. The van der Waals surface area contributed by atoms with Crippen LogP contribution in [0, 0.1) is 6.92 Å². The van der Waals surface area contributed by atoms with Crippen LogP contribution in [0.4, 0.5) is 11.1 Å². The summed E-state index contributed by atoms with van der Waals surface area (Å²) < 4.78 is 9.99. The highest BCUT2D eigenvalue weighted by Crippen LogP contribution is 2.25. The highest BCUT2D eigenvalue weighted by Gasteiger charge is 2.14. The van der Waals surface area contributed by atoms with Crippen LogP contribution in [0.1, 0.15) is 34.9 Å². The number of aryl methyl sites for hydroxylation is 2. The van der Waals surface area contributed by atoms with Gasteiger partial charge in [-0.3, -0.25) is 5.32 Å². The number of carbonyl (C=O) groups is 1. The van der Waals surface area contributed by atoms with Crippen molar-refractivity contribution in [3.05, 3.63) is 22.5 Å². The number of hydrogen-bond donors (Lipinski definition) is 1. The van der Waals surface area contributed by atoms with E-state index in [1.807, 2.05) is 6.92 Å². The zero-order valence-corrected chi connectivity index (χ0v) is 11.8. The van der Waals surface area contributed by atoms with Crippen molar-refractivity contribution in [1.82, 2.24) is 9.97 Å². The van der Waals surface area contributed by atoms with Gasteiger partial charge in [0.1, 0.15) is 6.26 Å². The van der Waals surface area contributed by atoms with Crippen molar-refractivity contribution in [2.75, 3.05) is 11.9 Å². The molecule has 0 bridgehead atoms. The van der Waals surface area contributed by atoms with Gasteiger partial charge in [0.25, 0.3) is 0 Å². The Labute approximate surface area is 114 Å². The van der Waals surface area contributed by atoms with Gasteiger partial charge >= 0.3 is 12.0 Å². The Bertz CT molecular complexity index is 577. The fourth-order valence-electron chi connectivity index (χ4n) is 1.53. The lowest BCUT2D eigenvalue weighted by atomic mass is 10.3. The number of oxazole rings is 1. The maximum Gasteiger partial charge on any atom is 0.360 e. The average Bonchev–Trinajstić information content (AvgIpc) is 2.97. The van der Waals surface area contributed by atoms with Gasteiger partial charge in [0, 0.05) is 4.88 Å². The molecule has 1 N–H and O–H groups in total. The first kappa shape index (κ1) is 13.5. The number of thiazole rings is 1. The zero-order valence-electron chi connectivity index (χ0n) is 11.0. The Morgan fingerprint density at radius 1 is 1.47 bits per heavy atom. The molecule has 2 aromatic rings. The lowest BCUT2D eigenvalue weighted by Gasteiger charge is -1.95. The molecule has 0 aromatic carbocycles. The summed E-state index contributed by atoms with van der Waals surface area (Å²) in [6.45, 7) is 6.11. The largest absolute Gasteiger partial charge is 0.461 e. The van der Waals surface area contributed by atoms with Gasteiger partial charge in [-0.15, -0.1) is 11.3 Å². The first-order valence-electron chi connectivity index (χ1n) is 6.00. The molecule has 2 rings (SSSR count). The van der Waals surface area contributed by atoms with Gasteiger partial charge in [0.05, 0.1) is 12.3 Å². The maximum absolute atomic E-state index is 11.4. The van der Waals surface area contributed by atoms with E-state index in [2.05, 4.69) is 22.2 Å². The van der Waals surface area contributed by atoms with Crippen LogP contribution in [0.15, 0.2) is 10.7 Å². The SMILES string of the molecule is CCOC(=O)c1coc(Nc2nc(CC)c(C)s2)n1. The molecule has 102 valence electrons. The second-order valence-electron chi connectivity index (χ2n) is 3.76. The van der Waals surface area contributed by atoms with Crippen LogP contribution in [-0.4, -0.2) is 22.5 Å². The van der Waals surface area contributed by atoms with E-state index in [-0.39, 0.29) is 11.7 Å². The molecule has 2 aromatic heterocycles. The van der Waals surface area contributed by atoms with Gasteiger partial charge in [-0.25, -0.2) is 9.78 Å². The van der Waals surface area contributed by atoms with E-state index in [1.165, 1.54) is 17.6 Å². The summed E-state index contributed by atoms with van der Waals surface area (Å²) in [6, 6.07) is 0.236. The molecule has 0 aliphatic carbocycles. The van der Waals surface area contributed by atoms with E-state index in [1.54, 1.807) is 6.92 Å². The summed E-state index contributed by atoms with van der Waals surface area (Å²) in [6.07, 6.45) is 2.14. The van der Waals surface area contributed by atoms with Crippen LogP contribution in [0.3, 0.4) is 0 Å². The number of rotatable bonds is 5. The molecule has 7 heteroatoms. The number of esters is 1. The molecule has 2 heterocycles. The van der Waals surface area contributed by atoms with E-state index in [0.29, 0.717) is 11.7 Å². The lowest BCUT2D eigenvalue weighted by molar-refractivity contribution is 0.0519. The van der Waals surface area contributed by atoms with Crippen molar-refractivity contribution in [3.63, 3.8) is 0 Å². The van der Waals surface area contributed by atoms with Crippen LogP contribution in [-0.2, 0) is 11.2 Å². The van der Waals surface area contributed by atoms with Crippen molar-refractivity contribution in [3.8, 4) is 0 Å². The third-order valence-electron chi connectivity index (χ3n) is 2.43. The lowest BCUT2D eigenvalue weighted by Crippen LogP contribution is -2.04. The minimum absolute atomic E-state index is 0.147. The van der Waals surface area contributed by atoms with E-state index in [9.17, 15) is 4.79 Å². The number of nitrogens with one attached hydrogen (secondary N) is 1. The third kappa shape index (κ3) is 3.11. The second-order valence-corrected chi connectivity index (χ2v) is 4.96. The number of aromatic nitrogens is 2. The summed E-state index contributed by atoms with van der Waals surface area (Å²) in [7, 11) is 0. The average molecular weight is 281 g/mol. The highest BCUT2D eigenvalue weighted by molar-refractivity contribution is 7.15. The molecule has 0 fully saturated rings. The Kier molecular flexibility index (Phi) is 4.16. The molecule has 0 radical (unpaired) electrons. The summed E-state index contributed by atoms with van der Waals surface area (Å²) in [4.78, 5) is 21.0. The van der Waals surface area contributed by atoms with E-state index in [4.69, 9.17) is 9.15 Å². The van der Waals surface area contributed by atoms with Crippen LogP contribution in [0.25, 0.3) is 0 Å². The molecule has 6 nitrogen and oxygen atoms in total. The summed E-state index contributed by atoms with van der Waals surface area (Å²) >= 11 is 1.52. The van der Waals surface area contributed by atoms with Crippen molar-refractivity contribution in [2.24, 2.45) is 0 Å². The summed E-state index contributed by atoms with van der Waals surface area (Å²) in [5, 5.41) is 3.64. The molecule has 0 spiro atoms. The van der Waals surface area contributed by atoms with Gasteiger partial charge in [-0.1, -0.05) is 6.92 Å². The minimum atomic E-state index is -0.496. The first-order valence-corrected chi connectivity index (χ1v) is 6.81. The van der Waals surface area contributed by atoms with E-state index >= 15 is 0 Å². The molecule has 0 amide bonds. The predicted molar refractivity (Wildman–Crippen MR) is 72.0 cm³/mol. The third-order valence-corrected chi connectivity index (χ3v) is 3.36. The Balaban J connectivity index is 2.09. The Morgan fingerprint density at radius 2 is 2.26 bits per heavy atom. The minimum Gasteiger partial charge on any atom is -0.461 e. The standard InChI is InChI=1S/C12H15N3O3S/c1-4-8-7(3)19-12(14-8)15-11-13-9(6-18-11)10(16)17-5-2/h6H,4-5H2,1-3H3,(H,13,14,15). The van der Waals surface area contributed by atoms with Crippen LogP contribution >= 0.6 is 11.3 Å². The molecule has 0 aliphatic rings. The van der Waals surface area contributed by atoms with Crippen LogP contribution in [0.2, 0.25) is 0 Å². The van der Waals surface area contributed by atoms with Gasteiger partial charge in [-0.2, -0.15) is 4.98 Å². The molecule has 0 unspecified atom stereocenters. The number of hydrogen-bond acceptors (Lipinski definition) is 7. The number of ether oxygens (including phenoxy) is 1. The molecule has 0 saturated carbocycles. The van der Waals surface area contributed by atoms with Gasteiger partial charge < -0.3 is 9.15 Å². The fourth-order valence-corrected chi connectivity index (χ4v) is 2.42. The Hall–Kier alpha value is -1.89. The molecule has 19 heavy (non-hydrogen) atoms. The van der Waals surface area contributed by atoms with Gasteiger partial charge in [-0.05, 0) is 20.3 Å². The molecule has 0 aliphatic heterocycles. The zero-order chi connectivity index (χ0) is 13.8. The highest BCUT2D eigenvalue weighted by atomic mass is 32.1. The van der Waals surface area contributed by atoms with Gasteiger partial charge in [0.2, 0.25) is 0 Å². The molecule has 0 atom stereocenters. The predicted octanol–water partition coefficient (Wildman–Crippen LogP) is 2.92. The maximum atomic E-state index is 11.4. The first-order chi connectivity index (χ1) is 9.13. The van der Waals surface area contributed by atoms with Crippen molar-refractivity contribution >= 4 is 28.5 Å². The van der Waals surface area contributed by atoms with Crippen LogP contribution < -0.4 is 5.32 Å². The number of anilines is 2. The molecule has 0 saturated heterocycles. The smallest absolute Gasteiger partial charge is 0.360 e. The van der Waals surface area contributed by atoms with Crippen molar-refractivity contribution < 1.29 is 13.9 Å². The number of nitrogens with zero attached hydrogens (tertiary/aromatic N) is 2. The van der Waals surface area contributed by atoms with Crippen molar-refractivity contribution in [1.29, 1.82) is 0 Å². The molecular formula is C12H15N3O3S. The van der Waals surface area contributed by atoms with Crippen LogP contribution in [0.5, 0.6) is 0 Å². The summed E-state index contributed by atoms with van der Waals surface area (Å²) in [5.41, 5.74) is 1.19. The van der Waals surface area contributed by atoms with Crippen molar-refractivity contribution in [2.45, 2.75) is 27.2 Å². The monoisotopic (exact) mass is 281 g/mol. The quantitative estimate of drug-likeness (QED) is 0.849. The van der Waals surface area contributed by atoms with Gasteiger partial charge in [0.15, 0.2) is 10.8 Å². The van der Waals surface area contributed by atoms with E-state index < -0.39 is 5.97 Å². The van der Waals surface area contributed by atoms with E-state index in [0.717, 1.165) is 17.0 Å². The fraction of sp³-hybridized carbons (Fsp3) is 0.417. The molecular weight excluding hydrogens is 266 g/mol. The Morgan fingerprint density at radius 3 is 2.89 bits per heavy atom.